The number of aromatic nitrogens is 3. The van der Waals surface area contributed by atoms with Crippen molar-refractivity contribution in [3.05, 3.63) is 89.7 Å². The molecule has 8 nitrogen and oxygen atoms in total. The molecule has 0 spiro atoms. The van der Waals surface area contributed by atoms with Crippen LogP contribution in [0, 0.1) is 12.7 Å². The van der Waals surface area contributed by atoms with Crippen molar-refractivity contribution in [3.8, 4) is 22.8 Å². The van der Waals surface area contributed by atoms with Gasteiger partial charge in [-0.2, -0.15) is 0 Å². The molecular formula is C25H22FN5O3S. The third-order valence-electron chi connectivity index (χ3n) is 5.03. The predicted octanol–water partition coefficient (Wildman–Crippen LogP) is 3.94. The highest BCUT2D eigenvalue weighted by Crippen LogP contribution is 2.29. The van der Waals surface area contributed by atoms with E-state index < -0.39 is 17.6 Å². The highest BCUT2D eigenvalue weighted by molar-refractivity contribution is 7.99. The first-order chi connectivity index (χ1) is 16.9. The average molecular weight is 492 g/mol. The average Bonchev–Trinajstić information content (AvgIpc) is 3.31. The van der Waals surface area contributed by atoms with Crippen LogP contribution >= 0.6 is 11.8 Å². The van der Waals surface area contributed by atoms with Gasteiger partial charge in [-0.25, -0.2) is 4.39 Å². The summed E-state index contributed by atoms with van der Waals surface area (Å²) in [5, 5.41) is 9.17. The maximum atomic E-state index is 13.0. The minimum Gasteiger partial charge on any atom is -0.497 e. The van der Waals surface area contributed by atoms with Crippen LogP contribution in [0.2, 0.25) is 0 Å². The highest BCUT2D eigenvalue weighted by Gasteiger charge is 2.18. The number of thioether (sulfide) groups is 1. The summed E-state index contributed by atoms with van der Waals surface area (Å²) < 4.78 is 20.1. The first kappa shape index (κ1) is 24.0. The molecule has 10 heteroatoms. The topological polar surface area (TPSA) is 98.1 Å². The molecule has 0 bridgehead atoms. The number of rotatable bonds is 7. The third kappa shape index (κ3) is 5.85. The van der Waals surface area contributed by atoms with Gasteiger partial charge in [-0.15, -0.1) is 10.2 Å². The monoisotopic (exact) mass is 491 g/mol. The fraction of sp³-hybridized carbons (Fsp3) is 0.120. The zero-order chi connectivity index (χ0) is 24.8. The van der Waals surface area contributed by atoms with E-state index in [2.05, 4.69) is 21.0 Å². The Morgan fingerprint density at radius 3 is 2.29 bits per heavy atom. The second kappa shape index (κ2) is 10.8. The Kier molecular flexibility index (Phi) is 7.41. The van der Waals surface area contributed by atoms with Crippen LogP contribution < -0.4 is 15.6 Å². The van der Waals surface area contributed by atoms with Gasteiger partial charge in [0.15, 0.2) is 11.0 Å². The van der Waals surface area contributed by atoms with Gasteiger partial charge in [-0.05, 0) is 67.6 Å². The minimum atomic E-state index is -0.548. The van der Waals surface area contributed by atoms with Crippen LogP contribution in [0.1, 0.15) is 15.9 Å². The summed E-state index contributed by atoms with van der Waals surface area (Å²) in [4.78, 5) is 24.5. The fourth-order valence-electron chi connectivity index (χ4n) is 3.18. The number of halogens is 1. The number of carbonyl (C=O) groups is 2. The fourth-order valence-corrected chi connectivity index (χ4v) is 3.94. The van der Waals surface area contributed by atoms with Gasteiger partial charge in [-0.3, -0.25) is 25.0 Å². The molecule has 1 aromatic heterocycles. The molecule has 1 heterocycles. The van der Waals surface area contributed by atoms with Gasteiger partial charge in [0, 0.05) is 16.8 Å². The molecule has 4 aromatic rings. The van der Waals surface area contributed by atoms with Crippen LogP contribution in [-0.4, -0.2) is 39.4 Å². The molecule has 0 aliphatic carbocycles. The van der Waals surface area contributed by atoms with E-state index in [-0.39, 0.29) is 11.3 Å². The smallest absolute Gasteiger partial charge is 0.269 e. The summed E-state index contributed by atoms with van der Waals surface area (Å²) in [6, 6.07) is 20.3. The maximum absolute atomic E-state index is 13.0. The van der Waals surface area contributed by atoms with Gasteiger partial charge in [0.25, 0.3) is 5.91 Å². The summed E-state index contributed by atoms with van der Waals surface area (Å²) in [6.45, 7) is 2.00. The number of ether oxygens (including phenoxy) is 1. The van der Waals surface area contributed by atoms with Gasteiger partial charge in [-0.1, -0.05) is 29.5 Å². The van der Waals surface area contributed by atoms with E-state index in [0.717, 1.165) is 22.6 Å². The molecule has 4 rings (SSSR count). The van der Waals surface area contributed by atoms with Crippen molar-refractivity contribution in [2.45, 2.75) is 12.1 Å². The Hall–Kier alpha value is -4.18. The zero-order valence-electron chi connectivity index (χ0n) is 19.0. The van der Waals surface area contributed by atoms with Crippen molar-refractivity contribution in [3.63, 3.8) is 0 Å². The van der Waals surface area contributed by atoms with Crippen LogP contribution in [0.5, 0.6) is 5.75 Å². The molecule has 0 saturated carbocycles. The molecule has 2 amide bonds. The number of hydrogen-bond acceptors (Lipinski definition) is 6. The molecule has 0 aliphatic rings. The first-order valence-corrected chi connectivity index (χ1v) is 11.6. The number of nitrogens with zero attached hydrogens (tertiary/aromatic N) is 3. The minimum absolute atomic E-state index is 0.0176. The summed E-state index contributed by atoms with van der Waals surface area (Å²) >= 11 is 1.18. The lowest BCUT2D eigenvalue weighted by molar-refractivity contribution is -0.119. The standard InChI is InChI=1S/C25H22FN5O3S/c1-16-3-11-20(12-4-16)31-23(17-7-13-21(34-2)14-8-17)28-30-25(31)35-15-22(32)27-29-24(33)18-5-9-19(26)10-6-18/h3-14H,15H2,1-2H3,(H,27,32)(H,29,33). The number of hydrogen-bond donors (Lipinski definition) is 2. The summed E-state index contributed by atoms with van der Waals surface area (Å²) in [7, 11) is 1.60. The Labute approximate surface area is 205 Å². The predicted molar refractivity (Wildman–Crippen MR) is 131 cm³/mol. The zero-order valence-corrected chi connectivity index (χ0v) is 19.8. The van der Waals surface area contributed by atoms with E-state index in [1.807, 2.05) is 60.0 Å². The second-order valence-electron chi connectivity index (χ2n) is 7.50. The van der Waals surface area contributed by atoms with Crippen LogP contribution in [0.4, 0.5) is 4.39 Å². The van der Waals surface area contributed by atoms with Gasteiger partial charge in [0.2, 0.25) is 5.91 Å². The van der Waals surface area contributed by atoms with E-state index in [1.165, 1.54) is 36.0 Å². The molecule has 35 heavy (non-hydrogen) atoms. The van der Waals surface area contributed by atoms with Crippen LogP contribution in [0.15, 0.2) is 78.0 Å². The third-order valence-corrected chi connectivity index (χ3v) is 5.96. The van der Waals surface area contributed by atoms with Gasteiger partial charge < -0.3 is 4.74 Å². The normalized spacial score (nSPS) is 10.6. The summed E-state index contributed by atoms with van der Waals surface area (Å²) in [5.74, 6) is -0.110. The highest BCUT2D eigenvalue weighted by atomic mass is 32.2. The van der Waals surface area contributed by atoms with E-state index in [1.54, 1.807) is 7.11 Å². The lowest BCUT2D eigenvalue weighted by Crippen LogP contribution is -2.42. The first-order valence-electron chi connectivity index (χ1n) is 10.6. The molecule has 0 unspecified atom stereocenters. The van der Waals surface area contributed by atoms with Crippen molar-refractivity contribution >= 4 is 23.6 Å². The van der Waals surface area contributed by atoms with Crippen LogP contribution in [-0.2, 0) is 4.79 Å². The SMILES string of the molecule is COc1ccc(-c2nnc(SCC(=O)NNC(=O)c3ccc(F)cc3)n2-c2ccc(C)cc2)cc1. The van der Waals surface area contributed by atoms with E-state index in [9.17, 15) is 14.0 Å². The Morgan fingerprint density at radius 1 is 0.943 bits per heavy atom. The van der Waals surface area contributed by atoms with Crippen molar-refractivity contribution in [1.29, 1.82) is 0 Å². The summed E-state index contributed by atoms with van der Waals surface area (Å²) in [5.41, 5.74) is 7.69. The quantitative estimate of drug-likeness (QED) is 0.300. The molecule has 0 aliphatic heterocycles. The second-order valence-corrected chi connectivity index (χ2v) is 8.45. The molecule has 178 valence electrons. The van der Waals surface area contributed by atoms with E-state index in [4.69, 9.17) is 4.74 Å². The maximum Gasteiger partial charge on any atom is 0.269 e. The summed E-state index contributed by atoms with van der Waals surface area (Å²) in [6.07, 6.45) is 0. The van der Waals surface area contributed by atoms with Crippen molar-refractivity contribution in [2.75, 3.05) is 12.9 Å². The van der Waals surface area contributed by atoms with Gasteiger partial charge in [0.05, 0.1) is 12.9 Å². The van der Waals surface area contributed by atoms with Crippen LogP contribution in [0.25, 0.3) is 17.1 Å². The molecule has 0 atom stereocenters. The van der Waals surface area contributed by atoms with E-state index >= 15 is 0 Å². The number of amides is 2. The number of methoxy groups -OCH3 is 1. The Balaban J connectivity index is 1.49. The van der Waals surface area contributed by atoms with Crippen LogP contribution in [0.3, 0.4) is 0 Å². The Morgan fingerprint density at radius 2 is 1.63 bits per heavy atom. The lowest BCUT2D eigenvalue weighted by atomic mass is 10.2. The molecule has 0 fully saturated rings. The van der Waals surface area contributed by atoms with Gasteiger partial charge in [0.1, 0.15) is 11.6 Å². The van der Waals surface area contributed by atoms with Crippen molar-refractivity contribution in [2.24, 2.45) is 0 Å². The molecule has 2 N–H and O–H groups in total. The molecule has 3 aromatic carbocycles. The largest absolute Gasteiger partial charge is 0.497 e. The van der Waals surface area contributed by atoms with Crippen molar-refractivity contribution < 1.29 is 18.7 Å². The van der Waals surface area contributed by atoms with Gasteiger partial charge >= 0.3 is 0 Å². The molecule has 0 saturated heterocycles. The van der Waals surface area contributed by atoms with E-state index in [0.29, 0.717) is 11.0 Å². The molecule has 0 radical (unpaired) electrons. The number of aryl methyl sites for hydroxylation is 1. The Bertz CT molecular complexity index is 1320. The number of hydrazine groups is 1. The number of carbonyl (C=O) groups excluding carboxylic acids is 2. The number of nitrogens with one attached hydrogen (secondary N) is 2. The number of benzene rings is 3. The lowest BCUT2D eigenvalue weighted by Gasteiger charge is -2.11. The van der Waals surface area contributed by atoms with Crippen molar-refractivity contribution in [1.82, 2.24) is 25.6 Å². The molecular weight excluding hydrogens is 469 g/mol.